The van der Waals surface area contributed by atoms with Gasteiger partial charge < -0.3 is 4.74 Å². The van der Waals surface area contributed by atoms with Gasteiger partial charge in [-0.2, -0.15) is 10.2 Å². The van der Waals surface area contributed by atoms with Gasteiger partial charge in [-0.15, -0.1) is 0 Å². The van der Waals surface area contributed by atoms with Crippen LogP contribution >= 0.6 is 0 Å². The molecule has 1 fully saturated rings. The van der Waals surface area contributed by atoms with E-state index >= 15 is 0 Å². The van der Waals surface area contributed by atoms with Gasteiger partial charge >= 0.3 is 0 Å². The molecule has 6 rings (SSSR count). The fraction of sp³-hybridized carbons (Fsp3) is 0.214. The van der Waals surface area contributed by atoms with Crippen molar-refractivity contribution in [3.63, 3.8) is 0 Å². The summed E-state index contributed by atoms with van der Waals surface area (Å²) in [5.41, 5.74) is 4.23. The minimum Gasteiger partial charge on any atom is -0.490 e. The summed E-state index contributed by atoms with van der Waals surface area (Å²) in [5, 5.41) is 7.81. The molecule has 0 bridgehead atoms. The molecule has 36 heavy (non-hydrogen) atoms. The van der Waals surface area contributed by atoms with Crippen LogP contribution in [0.15, 0.2) is 85.3 Å². The molecule has 8 heteroatoms. The Hall–Kier alpha value is -4.17. The molecule has 0 radical (unpaired) electrons. The van der Waals surface area contributed by atoms with E-state index < -0.39 is 0 Å². The molecule has 1 aliphatic rings. The van der Waals surface area contributed by atoms with E-state index in [0.717, 1.165) is 55.1 Å². The number of piperidine rings is 1. The number of hydrogen-bond donors (Lipinski definition) is 0. The number of pyridine rings is 1. The molecule has 0 atom stereocenters. The molecular formula is C28H25FN6O. The SMILES string of the molecule is Fc1ccc2c(c1)nc(-c1ccccn1)n2-c1ccc(OC2CCN(Cc3ccnnc3)CC2)cc1. The smallest absolute Gasteiger partial charge is 0.164 e. The van der Waals surface area contributed by atoms with Crippen molar-refractivity contribution in [1.82, 2.24) is 29.6 Å². The van der Waals surface area contributed by atoms with E-state index in [1.54, 1.807) is 18.5 Å². The summed E-state index contributed by atoms with van der Waals surface area (Å²) in [4.78, 5) is 11.6. The lowest BCUT2D eigenvalue weighted by Crippen LogP contribution is -2.37. The van der Waals surface area contributed by atoms with Crippen molar-refractivity contribution in [2.75, 3.05) is 13.1 Å². The van der Waals surface area contributed by atoms with Gasteiger partial charge in [0.15, 0.2) is 5.82 Å². The second kappa shape index (κ2) is 9.83. The second-order valence-corrected chi connectivity index (χ2v) is 8.96. The normalized spacial score (nSPS) is 14.8. The van der Waals surface area contributed by atoms with Crippen LogP contribution in [0.25, 0.3) is 28.2 Å². The zero-order valence-electron chi connectivity index (χ0n) is 19.7. The minimum atomic E-state index is -0.313. The van der Waals surface area contributed by atoms with Crippen LogP contribution in [0.5, 0.6) is 5.75 Å². The van der Waals surface area contributed by atoms with E-state index in [2.05, 4.69) is 20.1 Å². The zero-order valence-corrected chi connectivity index (χ0v) is 19.7. The summed E-state index contributed by atoms with van der Waals surface area (Å²) in [7, 11) is 0. The Kier molecular flexibility index (Phi) is 6.09. The Morgan fingerprint density at radius 1 is 0.917 bits per heavy atom. The van der Waals surface area contributed by atoms with Crippen molar-refractivity contribution in [3.8, 4) is 23.0 Å². The summed E-state index contributed by atoms with van der Waals surface area (Å²) < 4.78 is 22.2. The first-order valence-electron chi connectivity index (χ1n) is 12.1. The quantitative estimate of drug-likeness (QED) is 0.338. The lowest BCUT2D eigenvalue weighted by atomic mass is 10.1. The maximum atomic E-state index is 13.9. The van der Waals surface area contributed by atoms with Crippen molar-refractivity contribution in [2.45, 2.75) is 25.5 Å². The highest BCUT2D eigenvalue weighted by Crippen LogP contribution is 2.29. The summed E-state index contributed by atoms with van der Waals surface area (Å²) >= 11 is 0. The van der Waals surface area contributed by atoms with Gasteiger partial charge in [-0.05, 0) is 73.0 Å². The third-order valence-corrected chi connectivity index (χ3v) is 6.49. The molecule has 1 aliphatic heterocycles. The van der Waals surface area contributed by atoms with Crippen molar-refractivity contribution >= 4 is 11.0 Å². The fourth-order valence-electron chi connectivity index (χ4n) is 4.70. The Balaban J connectivity index is 1.18. The number of hydrogen-bond acceptors (Lipinski definition) is 6. The first-order valence-corrected chi connectivity index (χ1v) is 12.1. The molecular weight excluding hydrogens is 455 g/mol. The first kappa shape index (κ1) is 22.3. The molecule has 0 spiro atoms. The number of rotatable bonds is 6. The van der Waals surface area contributed by atoms with E-state index in [0.29, 0.717) is 11.3 Å². The van der Waals surface area contributed by atoms with E-state index in [1.807, 2.05) is 59.3 Å². The molecule has 0 aliphatic carbocycles. The Morgan fingerprint density at radius 3 is 2.53 bits per heavy atom. The van der Waals surface area contributed by atoms with Gasteiger partial charge in [0, 0.05) is 43.8 Å². The van der Waals surface area contributed by atoms with Crippen LogP contribution in [-0.4, -0.2) is 48.8 Å². The predicted molar refractivity (Wildman–Crippen MR) is 135 cm³/mol. The van der Waals surface area contributed by atoms with Crippen molar-refractivity contribution in [2.24, 2.45) is 0 Å². The molecule has 1 saturated heterocycles. The van der Waals surface area contributed by atoms with Crippen LogP contribution in [0.1, 0.15) is 18.4 Å². The molecule has 4 heterocycles. The highest BCUT2D eigenvalue weighted by Gasteiger charge is 2.21. The van der Waals surface area contributed by atoms with Crippen LogP contribution < -0.4 is 4.74 Å². The fourth-order valence-corrected chi connectivity index (χ4v) is 4.70. The van der Waals surface area contributed by atoms with E-state index in [-0.39, 0.29) is 11.9 Å². The molecule has 180 valence electrons. The number of benzene rings is 2. The second-order valence-electron chi connectivity index (χ2n) is 8.96. The highest BCUT2D eigenvalue weighted by molar-refractivity contribution is 5.82. The number of nitrogens with zero attached hydrogens (tertiary/aromatic N) is 6. The highest BCUT2D eigenvalue weighted by atomic mass is 19.1. The van der Waals surface area contributed by atoms with Crippen molar-refractivity contribution in [3.05, 3.63) is 96.7 Å². The summed E-state index contributed by atoms with van der Waals surface area (Å²) in [5.74, 6) is 1.19. The molecule has 7 nitrogen and oxygen atoms in total. The first-order chi connectivity index (χ1) is 17.7. The van der Waals surface area contributed by atoms with Gasteiger partial charge in [0.2, 0.25) is 0 Å². The van der Waals surface area contributed by atoms with Crippen molar-refractivity contribution < 1.29 is 9.13 Å². The van der Waals surface area contributed by atoms with Crippen molar-refractivity contribution in [1.29, 1.82) is 0 Å². The Bertz CT molecular complexity index is 1450. The molecule has 0 unspecified atom stereocenters. The Morgan fingerprint density at radius 2 is 1.78 bits per heavy atom. The summed E-state index contributed by atoms with van der Waals surface area (Å²) in [6, 6.07) is 20.4. The lowest BCUT2D eigenvalue weighted by Gasteiger charge is -2.32. The molecule has 0 saturated carbocycles. The van der Waals surface area contributed by atoms with Crippen LogP contribution in [0, 0.1) is 5.82 Å². The van der Waals surface area contributed by atoms with E-state index in [9.17, 15) is 4.39 Å². The number of fused-ring (bicyclic) bond motifs is 1. The molecule has 2 aromatic carbocycles. The molecule has 3 aromatic heterocycles. The topological polar surface area (TPSA) is 69.0 Å². The van der Waals surface area contributed by atoms with Gasteiger partial charge in [-0.1, -0.05) is 6.07 Å². The van der Waals surface area contributed by atoms with Gasteiger partial charge in [0.05, 0.1) is 17.2 Å². The average Bonchev–Trinajstić information content (AvgIpc) is 3.30. The van der Waals surface area contributed by atoms with Crippen LogP contribution in [0.4, 0.5) is 4.39 Å². The molecule has 5 aromatic rings. The summed E-state index contributed by atoms with van der Waals surface area (Å²) in [6.45, 7) is 2.85. The predicted octanol–water partition coefficient (Wildman–Crippen LogP) is 5.06. The number of ether oxygens (including phenoxy) is 1. The van der Waals surface area contributed by atoms with Crippen LogP contribution in [0.2, 0.25) is 0 Å². The van der Waals surface area contributed by atoms with Gasteiger partial charge in [0.25, 0.3) is 0 Å². The molecule has 0 amide bonds. The van der Waals surface area contributed by atoms with E-state index in [1.165, 1.54) is 17.7 Å². The van der Waals surface area contributed by atoms with Gasteiger partial charge in [0.1, 0.15) is 23.4 Å². The number of halogens is 1. The maximum Gasteiger partial charge on any atom is 0.164 e. The minimum absolute atomic E-state index is 0.184. The third kappa shape index (κ3) is 4.67. The Labute approximate surface area is 208 Å². The lowest BCUT2D eigenvalue weighted by molar-refractivity contribution is 0.0967. The summed E-state index contributed by atoms with van der Waals surface area (Å²) in [6.07, 6.45) is 7.42. The number of imidazole rings is 1. The average molecular weight is 481 g/mol. The monoisotopic (exact) mass is 480 g/mol. The maximum absolute atomic E-state index is 13.9. The van der Waals surface area contributed by atoms with Gasteiger partial charge in [-0.3, -0.25) is 14.5 Å². The number of aromatic nitrogens is 5. The zero-order chi connectivity index (χ0) is 24.3. The van der Waals surface area contributed by atoms with Gasteiger partial charge in [-0.25, -0.2) is 9.37 Å². The standard InChI is InChI=1S/C28H25FN6O/c29-21-4-9-27-26(17-21)33-28(25-3-1-2-13-30-25)35(27)22-5-7-23(8-6-22)36-24-11-15-34(16-12-24)19-20-10-14-31-32-18-20/h1-10,13-14,17-18,24H,11-12,15-16,19H2. The van der Waals surface area contributed by atoms with Crippen LogP contribution in [0.3, 0.4) is 0 Å². The van der Waals surface area contributed by atoms with E-state index in [4.69, 9.17) is 9.72 Å². The van der Waals surface area contributed by atoms with Crippen LogP contribution in [-0.2, 0) is 6.54 Å². The third-order valence-electron chi connectivity index (χ3n) is 6.49. The molecule has 0 N–H and O–H groups in total. The largest absolute Gasteiger partial charge is 0.490 e. The number of likely N-dealkylation sites (tertiary alicyclic amines) is 1.